The molecule has 1 aliphatic carbocycles. The van der Waals surface area contributed by atoms with Crippen molar-refractivity contribution < 1.29 is 9.59 Å². The van der Waals surface area contributed by atoms with E-state index in [1.54, 1.807) is 0 Å². The molecular formula is C38H68O2. The molecule has 0 aromatic heterocycles. The molecule has 0 radical (unpaired) electrons. The lowest BCUT2D eigenvalue weighted by Gasteiger charge is -2.21. The maximum absolute atomic E-state index is 12.3. The van der Waals surface area contributed by atoms with E-state index in [0.29, 0.717) is 17.5 Å². The van der Waals surface area contributed by atoms with E-state index in [1.165, 1.54) is 109 Å². The predicted molar refractivity (Wildman–Crippen MR) is 176 cm³/mol. The number of hydrogen-bond donors (Lipinski definition) is 0. The fourth-order valence-corrected chi connectivity index (χ4v) is 6.34. The summed E-state index contributed by atoms with van der Waals surface area (Å²) in [5, 5.41) is 0. The van der Waals surface area contributed by atoms with Gasteiger partial charge in [-0.2, -0.15) is 0 Å². The Bertz CT molecular complexity index is 640. The van der Waals surface area contributed by atoms with Gasteiger partial charge in [0.05, 0.1) is 0 Å². The Morgan fingerprint density at radius 3 is 1.73 bits per heavy atom. The Morgan fingerprint density at radius 1 is 0.600 bits per heavy atom. The third-order valence-electron chi connectivity index (χ3n) is 9.16. The van der Waals surface area contributed by atoms with Gasteiger partial charge >= 0.3 is 0 Å². The molecule has 2 nitrogen and oxygen atoms in total. The Morgan fingerprint density at radius 2 is 1.12 bits per heavy atom. The highest BCUT2D eigenvalue weighted by Crippen LogP contribution is 2.28. The molecule has 40 heavy (non-hydrogen) atoms. The highest BCUT2D eigenvalue weighted by molar-refractivity contribution is 5.78. The Labute approximate surface area is 250 Å². The lowest BCUT2D eigenvalue weighted by Crippen LogP contribution is -2.07. The van der Waals surface area contributed by atoms with E-state index in [4.69, 9.17) is 0 Å². The van der Waals surface area contributed by atoms with Crippen LogP contribution in [0.1, 0.15) is 194 Å². The zero-order valence-corrected chi connectivity index (χ0v) is 27.1. The van der Waals surface area contributed by atoms with Crippen molar-refractivity contribution in [2.24, 2.45) is 11.8 Å². The first-order chi connectivity index (χ1) is 19.7. The zero-order valence-electron chi connectivity index (χ0n) is 27.1. The summed E-state index contributed by atoms with van der Waals surface area (Å²) in [5.74, 6) is 2.57. The number of carbonyl (C=O) groups is 2. The fourth-order valence-electron chi connectivity index (χ4n) is 6.34. The van der Waals surface area contributed by atoms with Crippen molar-refractivity contribution >= 4 is 11.6 Å². The third-order valence-corrected chi connectivity index (χ3v) is 9.16. The molecule has 0 aliphatic heterocycles. The van der Waals surface area contributed by atoms with Crippen LogP contribution in [0.15, 0.2) is 24.3 Å². The summed E-state index contributed by atoms with van der Waals surface area (Å²) in [6, 6.07) is 0. The van der Waals surface area contributed by atoms with Crippen LogP contribution in [0.5, 0.6) is 0 Å². The third kappa shape index (κ3) is 23.5. The van der Waals surface area contributed by atoms with Gasteiger partial charge in [-0.05, 0) is 69.6 Å². The van der Waals surface area contributed by atoms with Gasteiger partial charge in [-0.3, -0.25) is 9.59 Å². The summed E-state index contributed by atoms with van der Waals surface area (Å²) in [6.07, 6.45) is 42.3. The Hall–Kier alpha value is -1.18. The molecule has 1 saturated carbocycles. The van der Waals surface area contributed by atoms with Gasteiger partial charge in [0.15, 0.2) is 0 Å². The largest absolute Gasteiger partial charge is 0.300 e. The molecule has 1 aliphatic rings. The maximum Gasteiger partial charge on any atom is 0.132 e. The highest BCUT2D eigenvalue weighted by Gasteiger charge is 2.13. The van der Waals surface area contributed by atoms with Crippen LogP contribution in [-0.4, -0.2) is 11.6 Å². The van der Waals surface area contributed by atoms with Gasteiger partial charge in [0, 0.05) is 25.7 Å². The lowest BCUT2D eigenvalue weighted by atomic mass is 9.85. The molecule has 1 unspecified atom stereocenters. The number of hydrogen-bond acceptors (Lipinski definition) is 2. The normalized spacial score (nSPS) is 15.3. The van der Waals surface area contributed by atoms with Crippen LogP contribution in [0.25, 0.3) is 0 Å². The van der Waals surface area contributed by atoms with Crippen molar-refractivity contribution in [1.29, 1.82) is 0 Å². The minimum absolute atomic E-state index is 0.462. The summed E-state index contributed by atoms with van der Waals surface area (Å²) in [7, 11) is 0. The van der Waals surface area contributed by atoms with E-state index in [0.717, 1.165) is 76.5 Å². The van der Waals surface area contributed by atoms with E-state index >= 15 is 0 Å². The second-order valence-electron chi connectivity index (χ2n) is 12.9. The van der Waals surface area contributed by atoms with Gasteiger partial charge in [-0.15, -0.1) is 0 Å². The van der Waals surface area contributed by atoms with Crippen LogP contribution in [0.2, 0.25) is 0 Å². The van der Waals surface area contributed by atoms with Gasteiger partial charge in [-0.25, -0.2) is 0 Å². The molecule has 1 rings (SSSR count). The van der Waals surface area contributed by atoms with Crippen LogP contribution in [0.3, 0.4) is 0 Å². The predicted octanol–water partition coefficient (Wildman–Crippen LogP) is 12.4. The van der Waals surface area contributed by atoms with Gasteiger partial charge in [0.2, 0.25) is 0 Å². The Balaban J connectivity index is 1.90. The average molecular weight is 557 g/mol. The SMILES string of the molecule is CCCCC/C=C\C/C=C\CCCCCCCC(=O)CCCC(CC)CCCC(=O)CCCCC1CCCCC1. The monoisotopic (exact) mass is 557 g/mol. The molecule has 0 aromatic carbocycles. The van der Waals surface area contributed by atoms with Gasteiger partial charge in [0.25, 0.3) is 0 Å². The summed E-state index contributed by atoms with van der Waals surface area (Å²) in [5.41, 5.74) is 0. The summed E-state index contributed by atoms with van der Waals surface area (Å²) < 4.78 is 0. The summed E-state index contributed by atoms with van der Waals surface area (Å²) >= 11 is 0. The van der Waals surface area contributed by atoms with E-state index in [-0.39, 0.29) is 0 Å². The molecule has 0 amide bonds. The molecule has 0 heterocycles. The van der Waals surface area contributed by atoms with Crippen LogP contribution in [0, 0.1) is 11.8 Å². The van der Waals surface area contributed by atoms with Crippen LogP contribution < -0.4 is 0 Å². The number of unbranched alkanes of at least 4 members (excludes halogenated alkanes) is 9. The quantitative estimate of drug-likeness (QED) is 0.0709. The summed E-state index contributed by atoms with van der Waals surface area (Å²) in [6.45, 7) is 4.52. The van der Waals surface area contributed by atoms with Crippen LogP contribution >= 0.6 is 0 Å². The molecule has 232 valence electrons. The van der Waals surface area contributed by atoms with Crippen LogP contribution in [0.4, 0.5) is 0 Å². The first kappa shape index (κ1) is 36.8. The minimum Gasteiger partial charge on any atom is -0.300 e. The number of ketones is 2. The molecule has 1 fully saturated rings. The number of allylic oxidation sites excluding steroid dienone is 4. The Kier molecular flexibility index (Phi) is 25.8. The number of rotatable bonds is 28. The van der Waals surface area contributed by atoms with E-state index in [2.05, 4.69) is 38.2 Å². The van der Waals surface area contributed by atoms with Gasteiger partial charge in [-0.1, -0.05) is 134 Å². The van der Waals surface area contributed by atoms with Crippen molar-refractivity contribution in [3.63, 3.8) is 0 Å². The lowest BCUT2D eigenvalue weighted by molar-refractivity contribution is -0.120. The molecule has 1 atom stereocenters. The topological polar surface area (TPSA) is 34.1 Å². The number of carbonyl (C=O) groups excluding carboxylic acids is 2. The van der Waals surface area contributed by atoms with Crippen LogP contribution in [-0.2, 0) is 9.59 Å². The first-order valence-electron chi connectivity index (χ1n) is 18.0. The van der Waals surface area contributed by atoms with E-state index < -0.39 is 0 Å². The van der Waals surface area contributed by atoms with E-state index in [1.807, 2.05) is 0 Å². The van der Waals surface area contributed by atoms with Crippen molar-refractivity contribution in [3.05, 3.63) is 24.3 Å². The van der Waals surface area contributed by atoms with Crippen molar-refractivity contribution in [2.45, 2.75) is 194 Å². The maximum atomic E-state index is 12.3. The fraction of sp³-hybridized carbons (Fsp3) is 0.842. The molecule has 0 saturated heterocycles. The average Bonchev–Trinajstić information content (AvgIpc) is 2.97. The van der Waals surface area contributed by atoms with Gasteiger partial charge < -0.3 is 0 Å². The molecule has 0 N–H and O–H groups in total. The smallest absolute Gasteiger partial charge is 0.132 e. The second kappa shape index (κ2) is 28.0. The minimum atomic E-state index is 0.462. The second-order valence-corrected chi connectivity index (χ2v) is 12.9. The van der Waals surface area contributed by atoms with Crippen molar-refractivity contribution in [3.8, 4) is 0 Å². The number of Topliss-reactive ketones (excluding diaryl/α,β-unsaturated/α-hetero) is 2. The molecular weight excluding hydrogens is 488 g/mol. The van der Waals surface area contributed by atoms with Crippen molar-refractivity contribution in [2.75, 3.05) is 0 Å². The first-order valence-corrected chi connectivity index (χ1v) is 18.0. The highest BCUT2D eigenvalue weighted by atomic mass is 16.1. The van der Waals surface area contributed by atoms with Gasteiger partial charge in [0.1, 0.15) is 11.6 Å². The molecule has 2 heteroatoms. The zero-order chi connectivity index (χ0) is 28.9. The molecule has 0 spiro atoms. The van der Waals surface area contributed by atoms with Crippen molar-refractivity contribution in [1.82, 2.24) is 0 Å². The standard InChI is InChI=1S/C38H68O2/c1-3-5-6-7-8-9-10-11-12-13-14-15-16-17-21-31-37(39)33-24-29-35(4-2)30-25-34-38(40)32-23-22-28-36-26-19-18-20-27-36/h8-9,11-12,35-36H,3-7,10,13-34H2,1-2H3/b9-8-,12-11-. The summed E-state index contributed by atoms with van der Waals surface area (Å²) in [4.78, 5) is 24.6. The molecule has 0 aromatic rings. The van der Waals surface area contributed by atoms with E-state index in [9.17, 15) is 9.59 Å². The molecule has 0 bridgehead atoms.